The van der Waals surface area contributed by atoms with Crippen molar-refractivity contribution in [2.75, 3.05) is 22.8 Å². The van der Waals surface area contributed by atoms with Gasteiger partial charge in [-0.1, -0.05) is 36.8 Å². The smallest absolute Gasteiger partial charge is 0.236 e. The van der Waals surface area contributed by atoms with Crippen molar-refractivity contribution in [3.63, 3.8) is 0 Å². The van der Waals surface area contributed by atoms with Crippen LogP contribution >= 0.6 is 0 Å². The molecule has 0 saturated heterocycles. The zero-order chi connectivity index (χ0) is 21.2. The number of benzene rings is 2. The molecule has 1 aliphatic rings. The molecule has 0 aliphatic carbocycles. The number of hydrogen-bond acceptors (Lipinski definition) is 4. The number of hydrogen-bond donors (Lipinski definition) is 1. The summed E-state index contributed by atoms with van der Waals surface area (Å²) in [4.78, 5) is 14.6. The van der Waals surface area contributed by atoms with Gasteiger partial charge in [-0.25, -0.2) is 8.42 Å². The number of aryl methyl sites for hydroxylation is 1. The highest BCUT2D eigenvalue weighted by Crippen LogP contribution is 2.38. The van der Waals surface area contributed by atoms with E-state index in [1.807, 2.05) is 45.9 Å². The number of carbonyl (C=O) groups is 1. The Morgan fingerprint density at radius 3 is 2.62 bits per heavy atom. The third-order valence-electron chi connectivity index (χ3n) is 4.82. The van der Waals surface area contributed by atoms with Crippen molar-refractivity contribution in [2.24, 2.45) is 5.41 Å². The molecule has 1 aliphatic heterocycles. The van der Waals surface area contributed by atoms with E-state index in [4.69, 9.17) is 4.74 Å². The van der Waals surface area contributed by atoms with Crippen molar-refractivity contribution < 1.29 is 17.9 Å². The Morgan fingerprint density at radius 1 is 1.17 bits per heavy atom. The van der Waals surface area contributed by atoms with Gasteiger partial charge in [-0.15, -0.1) is 0 Å². The second-order valence-corrected chi connectivity index (χ2v) is 9.88. The molecule has 2 aromatic carbocycles. The topological polar surface area (TPSA) is 75.7 Å². The molecule has 0 saturated carbocycles. The molecule has 29 heavy (non-hydrogen) atoms. The largest absolute Gasteiger partial charge is 0.490 e. The molecule has 156 valence electrons. The van der Waals surface area contributed by atoms with Gasteiger partial charge in [0.2, 0.25) is 15.9 Å². The number of sulfonamides is 1. The van der Waals surface area contributed by atoms with Crippen molar-refractivity contribution in [1.82, 2.24) is 0 Å². The lowest BCUT2D eigenvalue weighted by atomic mass is 9.93. The number of rotatable bonds is 6. The van der Waals surface area contributed by atoms with Crippen LogP contribution in [0.3, 0.4) is 0 Å². The molecular formula is C22H28N2O4S. The van der Waals surface area contributed by atoms with Gasteiger partial charge in [0.25, 0.3) is 0 Å². The molecule has 0 fully saturated rings. The lowest BCUT2D eigenvalue weighted by Gasteiger charge is -2.27. The highest BCUT2D eigenvalue weighted by Gasteiger charge is 2.37. The van der Waals surface area contributed by atoms with E-state index in [0.29, 0.717) is 23.7 Å². The number of carbonyl (C=O) groups excluding carboxylic acids is 1. The quantitative estimate of drug-likeness (QED) is 0.769. The average molecular weight is 417 g/mol. The van der Waals surface area contributed by atoms with E-state index in [1.54, 1.807) is 29.2 Å². The third kappa shape index (κ3) is 4.90. The molecule has 6 nitrogen and oxygen atoms in total. The normalized spacial score (nSPS) is 16.0. The Labute approximate surface area is 172 Å². The maximum absolute atomic E-state index is 12.9. The monoisotopic (exact) mass is 416 g/mol. The van der Waals surface area contributed by atoms with Gasteiger partial charge >= 0.3 is 0 Å². The maximum Gasteiger partial charge on any atom is 0.236 e. The van der Waals surface area contributed by atoms with Crippen LogP contribution < -0.4 is 14.4 Å². The highest BCUT2D eigenvalue weighted by atomic mass is 32.2. The molecule has 3 rings (SSSR count). The van der Waals surface area contributed by atoms with E-state index in [0.717, 1.165) is 17.5 Å². The second-order valence-electron chi connectivity index (χ2n) is 8.16. The minimum Gasteiger partial charge on any atom is -0.490 e. The summed E-state index contributed by atoms with van der Waals surface area (Å²) >= 11 is 0. The van der Waals surface area contributed by atoms with Crippen molar-refractivity contribution >= 4 is 27.3 Å². The molecule has 7 heteroatoms. The van der Waals surface area contributed by atoms with Gasteiger partial charge in [-0.2, -0.15) is 0 Å². The lowest BCUT2D eigenvalue weighted by molar-refractivity contribution is -0.127. The molecule has 0 radical (unpaired) electrons. The Hall–Kier alpha value is -2.54. The van der Waals surface area contributed by atoms with Crippen LogP contribution in [-0.4, -0.2) is 27.5 Å². The van der Waals surface area contributed by atoms with Crippen LogP contribution in [0.1, 0.15) is 38.3 Å². The molecule has 1 heterocycles. The van der Waals surface area contributed by atoms with Crippen LogP contribution in [0, 0.1) is 12.3 Å². The van der Waals surface area contributed by atoms with Gasteiger partial charge in [0.05, 0.1) is 22.5 Å². The van der Waals surface area contributed by atoms with Crippen molar-refractivity contribution in [3.05, 3.63) is 53.6 Å². The molecule has 0 bridgehead atoms. The zero-order valence-corrected chi connectivity index (χ0v) is 18.2. The summed E-state index contributed by atoms with van der Waals surface area (Å²) in [5.74, 6) is 0.402. The number of amides is 1. The van der Waals surface area contributed by atoms with Gasteiger partial charge in [0.15, 0.2) is 0 Å². The first kappa shape index (κ1) is 21.2. The predicted molar refractivity (Wildman–Crippen MR) is 116 cm³/mol. The summed E-state index contributed by atoms with van der Waals surface area (Å²) in [6.07, 6.45) is 0.812. The Morgan fingerprint density at radius 2 is 1.93 bits per heavy atom. The lowest BCUT2D eigenvalue weighted by Crippen LogP contribution is -2.42. The van der Waals surface area contributed by atoms with Crippen LogP contribution in [0.5, 0.6) is 5.75 Å². The standard InChI is InChI=1S/C22H28N2O4S/c1-5-11-24-19-10-9-18(13-20(19)28-15-22(3,4)21(24)25)23-29(26,27)14-17-8-6-7-16(2)12-17/h6-10,12-13,23H,5,11,14-15H2,1-4H3. The average Bonchev–Trinajstić information content (AvgIpc) is 2.71. The number of nitrogens with zero attached hydrogens (tertiary/aromatic N) is 1. The first-order valence-electron chi connectivity index (χ1n) is 9.76. The van der Waals surface area contributed by atoms with E-state index in [9.17, 15) is 13.2 Å². The first-order valence-corrected chi connectivity index (χ1v) is 11.4. The van der Waals surface area contributed by atoms with E-state index >= 15 is 0 Å². The van der Waals surface area contributed by atoms with E-state index < -0.39 is 15.4 Å². The Kier molecular flexibility index (Phi) is 5.89. The van der Waals surface area contributed by atoms with Gasteiger partial charge in [0, 0.05) is 12.6 Å². The van der Waals surface area contributed by atoms with E-state index in [-0.39, 0.29) is 18.3 Å². The maximum atomic E-state index is 12.9. The molecule has 1 amide bonds. The summed E-state index contributed by atoms with van der Waals surface area (Å²) < 4.78 is 33.8. The fourth-order valence-electron chi connectivity index (χ4n) is 3.39. The molecule has 0 spiro atoms. The van der Waals surface area contributed by atoms with Gasteiger partial charge in [-0.05, 0) is 44.9 Å². The summed E-state index contributed by atoms with van der Waals surface area (Å²) in [7, 11) is -3.58. The molecule has 0 aromatic heterocycles. The number of nitrogens with one attached hydrogen (secondary N) is 1. The van der Waals surface area contributed by atoms with Crippen molar-refractivity contribution in [2.45, 2.75) is 39.9 Å². The van der Waals surface area contributed by atoms with Crippen LogP contribution in [0.15, 0.2) is 42.5 Å². The van der Waals surface area contributed by atoms with Crippen LogP contribution in [0.25, 0.3) is 0 Å². The predicted octanol–water partition coefficient (Wildman–Crippen LogP) is 4.10. The van der Waals surface area contributed by atoms with E-state index in [1.165, 1.54) is 0 Å². The van der Waals surface area contributed by atoms with E-state index in [2.05, 4.69) is 4.72 Å². The molecule has 2 aromatic rings. The first-order chi connectivity index (χ1) is 13.6. The number of fused-ring (bicyclic) bond motifs is 1. The summed E-state index contributed by atoms with van der Waals surface area (Å²) in [6, 6.07) is 12.5. The van der Waals surface area contributed by atoms with Crippen LogP contribution in [0.2, 0.25) is 0 Å². The van der Waals surface area contributed by atoms with Gasteiger partial charge in [0.1, 0.15) is 12.4 Å². The third-order valence-corrected chi connectivity index (χ3v) is 6.08. The van der Waals surface area contributed by atoms with Crippen LogP contribution in [0.4, 0.5) is 11.4 Å². The summed E-state index contributed by atoms with van der Waals surface area (Å²) in [5, 5.41) is 0. The summed E-state index contributed by atoms with van der Waals surface area (Å²) in [6.45, 7) is 8.47. The van der Waals surface area contributed by atoms with Crippen molar-refractivity contribution in [3.8, 4) is 5.75 Å². The van der Waals surface area contributed by atoms with Gasteiger partial charge < -0.3 is 9.64 Å². The zero-order valence-electron chi connectivity index (χ0n) is 17.4. The molecule has 0 unspecified atom stereocenters. The minimum absolute atomic E-state index is 0.00544. The number of anilines is 2. The number of ether oxygens (including phenoxy) is 1. The Balaban J connectivity index is 1.86. The van der Waals surface area contributed by atoms with Gasteiger partial charge in [-0.3, -0.25) is 9.52 Å². The molecular weight excluding hydrogens is 388 g/mol. The molecule has 0 atom stereocenters. The SMILES string of the molecule is CCCN1C(=O)C(C)(C)COc2cc(NS(=O)(=O)Cc3cccc(C)c3)ccc21. The highest BCUT2D eigenvalue weighted by molar-refractivity contribution is 7.91. The summed E-state index contributed by atoms with van der Waals surface area (Å²) in [5.41, 5.74) is 2.17. The fourth-order valence-corrected chi connectivity index (χ4v) is 4.57. The minimum atomic E-state index is -3.58. The molecule has 1 N–H and O–H groups in total. The van der Waals surface area contributed by atoms with Crippen LogP contribution in [-0.2, 0) is 20.6 Å². The Bertz CT molecular complexity index is 1020. The van der Waals surface area contributed by atoms with Crippen molar-refractivity contribution in [1.29, 1.82) is 0 Å². The second kappa shape index (κ2) is 8.06. The fraction of sp³-hybridized carbons (Fsp3) is 0.409.